The van der Waals surface area contributed by atoms with Crippen LogP contribution in [0.4, 0.5) is 5.69 Å². The van der Waals surface area contributed by atoms with E-state index in [1.807, 2.05) is 6.07 Å². The van der Waals surface area contributed by atoms with Crippen LogP contribution in [0.1, 0.15) is 16.1 Å². The normalized spacial score (nSPS) is 10.3. The van der Waals surface area contributed by atoms with E-state index in [0.717, 1.165) is 5.56 Å². The molecule has 0 saturated heterocycles. The summed E-state index contributed by atoms with van der Waals surface area (Å²) in [7, 11) is 1.68. The van der Waals surface area contributed by atoms with Gasteiger partial charge in [0.15, 0.2) is 0 Å². The lowest BCUT2D eigenvalue weighted by Gasteiger charge is -2.18. The van der Waals surface area contributed by atoms with Crippen LogP contribution in [-0.4, -0.2) is 22.8 Å². The molecule has 0 spiro atoms. The van der Waals surface area contributed by atoms with Gasteiger partial charge in [0.1, 0.15) is 5.69 Å². The molecular weight excluding hydrogens is 297 g/mol. The Morgan fingerprint density at radius 1 is 1.30 bits per heavy atom. The second-order valence-electron chi connectivity index (χ2n) is 4.35. The predicted molar refractivity (Wildman–Crippen MR) is 80.9 cm³/mol. The van der Waals surface area contributed by atoms with Crippen LogP contribution >= 0.6 is 23.2 Å². The van der Waals surface area contributed by atoms with Gasteiger partial charge in [0, 0.05) is 13.6 Å². The van der Waals surface area contributed by atoms with E-state index < -0.39 is 0 Å². The first-order valence-electron chi connectivity index (χ1n) is 5.89. The molecular formula is C14H13Cl2N3O. The zero-order valence-corrected chi connectivity index (χ0v) is 12.3. The van der Waals surface area contributed by atoms with Crippen LogP contribution in [-0.2, 0) is 6.54 Å². The fraction of sp³-hybridized carbons (Fsp3) is 0.143. The van der Waals surface area contributed by atoms with Gasteiger partial charge in [-0.25, -0.2) is 4.98 Å². The summed E-state index contributed by atoms with van der Waals surface area (Å²) in [6.07, 6.45) is 1.45. The number of carbonyl (C=O) groups is 1. The molecule has 0 saturated carbocycles. The minimum atomic E-state index is -0.207. The van der Waals surface area contributed by atoms with Crippen LogP contribution in [0.15, 0.2) is 36.5 Å². The van der Waals surface area contributed by atoms with Gasteiger partial charge in [-0.15, -0.1) is 0 Å². The molecule has 0 atom stereocenters. The molecule has 20 heavy (non-hydrogen) atoms. The van der Waals surface area contributed by atoms with Crippen molar-refractivity contribution in [1.29, 1.82) is 0 Å². The van der Waals surface area contributed by atoms with E-state index in [4.69, 9.17) is 28.9 Å². The van der Waals surface area contributed by atoms with Crippen molar-refractivity contribution in [1.82, 2.24) is 9.88 Å². The molecule has 2 N–H and O–H groups in total. The summed E-state index contributed by atoms with van der Waals surface area (Å²) in [6.45, 7) is 0.351. The number of nitrogens with zero attached hydrogens (tertiary/aromatic N) is 2. The minimum absolute atomic E-state index is 0.207. The van der Waals surface area contributed by atoms with Gasteiger partial charge in [0.25, 0.3) is 5.91 Å². The van der Waals surface area contributed by atoms with Crippen LogP contribution in [0.2, 0.25) is 10.0 Å². The monoisotopic (exact) mass is 309 g/mol. The Morgan fingerprint density at radius 3 is 2.70 bits per heavy atom. The Kier molecular flexibility index (Phi) is 4.47. The number of carbonyl (C=O) groups excluding carboxylic acids is 1. The molecule has 0 radical (unpaired) electrons. The van der Waals surface area contributed by atoms with Crippen molar-refractivity contribution in [2.24, 2.45) is 0 Å². The Morgan fingerprint density at radius 2 is 2.05 bits per heavy atom. The van der Waals surface area contributed by atoms with Gasteiger partial charge in [-0.05, 0) is 23.8 Å². The zero-order valence-electron chi connectivity index (χ0n) is 10.8. The number of hydrogen-bond donors (Lipinski definition) is 1. The molecule has 104 valence electrons. The molecule has 0 bridgehead atoms. The third-order valence-electron chi connectivity index (χ3n) is 2.79. The zero-order chi connectivity index (χ0) is 14.7. The number of amides is 1. The molecule has 2 rings (SSSR count). The largest absolute Gasteiger partial charge is 0.397 e. The number of rotatable bonds is 3. The highest BCUT2D eigenvalue weighted by molar-refractivity contribution is 6.42. The van der Waals surface area contributed by atoms with Crippen molar-refractivity contribution in [3.8, 4) is 0 Å². The molecule has 0 fully saturated rings. The van der Waals surface area contributed by atoms with Crippen molar-refractivity contribution in [3.63, 3.8) is 0 Å². The van der Waals surface area contributed by atoms with E-state index in [2.05, 4.69) is 4.98 Å². The molecule has 2 aromatic rings. The molecule has 1 aromatic heterocycles. The molecule has 0 aliphatic heterocycles. The summed E-state index contributed by atoms with van der Waals surface area (Å²) in [5.41, 5.74) is 7.18. The molecule has 1 amide bonds. The van der Waals surface area contributed by atoms with Crippen molar-refractivity contribution < 1.29 is 4.79 Å². The van der Waals surface area contributed by atoms with E-state index in [0.29, 0.717) is 28.0 Å². The van der Waals surface area contributed by atoms with Crippen LogP contribution < -0.4 is 5.73 Å². The molecule has 0 aliphatic rings. The van der Waals surface area contributed by atoms with E-state index in [-0.39, 0.29) is 5.91 Å². The number of nitrogens with two attached hydrogens (primary N) is 1. The summed E-state index contributed by atoms with van der Waals surface area (Å²) in [4.78, 5) is 17.7. The SMILES string of the molecule is CN(Cc1cccc(Cl)c1Cl)C(=O)c1ccc(N)cn1. The van der Waals surface area contributed by atoms with E-state index in [1.54, 1.807) is 31.3 Å². The average Bonchev–Trinajstić information content (AvgIpc) is 2.44. The Hall–Kier alpha value is -1.78. The molecule has 6 heteroatoms. The Balaban J connectivity index is 2.15. The minimum Gasteiger partial charge on any atom is -0.397 e. The number of anilines is 1. The number of nitrogen functional groups attached to an aromatic ring is 1. The summed E-state index contributed by atoms with van der Waals surface area (Å²) in [5.74, 6) is -0.207. The maximum absolute atomic E-state index is 12.2. The third kappa shape index (κ3) is 3.21. The summed E-state index contributed by atoms with van der Waals surface area (Å²) < 4.78 is 0. The molecule has 1 aromatic carbocycles. The second-order valence-corrected chi connectivity index (χ2v) is 5.14. The van der Waals surface area contributed by atoms with Crippen molar-refractivity contribution in [3.05, 3.63) is 57.8 Å². The number of aromatic nitrogens is 1. The quantitative estimate of drug-likeness (QED) is 0.947. The maximum Gasteiger partial charge on any atom is 0.272 e. The number of halogens is 2. The summed E-state index contributed by atoms with van der Waals surface area (Å²) in [6, 6.07) is 8.56. The van der Waals surface area contributed by atoms with Crippen molar-refractivity contribution in [2.75, 3.05) is 12.8 Å². The lowest BCUT2D eigenvalue weighted by molar-refractivity contribution is 0.0779. The number of pyridine rings is 1. The summed E-state index contributed by atoms with van der Waals surface area (Å²) >= 11 is 12.1. The molecule has 1 heterocycles. The van der Waals surface area contributed by atoms with Gasteiger partial charge in [-0.1, -0.05) is 35.3 Å². The van der Waals surface area contributed by atoms with Gasteiger partial charge >= 0.3 is 0 Å². The first kappa shape index (κ1) is 14.6. The van der Waals surface area contributed by atoms with Gasteiger partial charge in [0.2, 0.25) is 0 Å². The van der Waals surface area contributed by atoms with Crippen molar-refractivity contribution >= 4 is 34.8 Å². The highest BCUT2D eigenvalue weighted by atomic mass is 35.5. The fourth-order valence-corrected chi connectivity index (χ4v) is 2.11. The average molecular weight is 310 g/mol. The maximum atomic E-state index is 12.2. The third-order valence-corrected chi connectivity index (χ3v) is 3.65. The lowest BCUT2D eigenvalue weighted by atomic mass is 10.2. The molecule has 0 aliphatic carbocycles. The van der Waals surface area contributed by atoms with Gasteiger partial charge in [-0.3, -0.25) is 4.79 Å². The number of hydrogen-bond acceptors (Lipinski definition) is 3. The smallest absolute Gasteiger partial charge is 0.272 e. The van der Waals surface area contributed by atoms with Gasteiger partial charge < -0.3 is 10.6 Å². The predicted octanol–water partition coefficient (Wildman–Crippen LogP) is 3.24. The Bertz CT molecular complexity index is 629. The van der Waals surface area contributed by atoms with Crippen LogP contribution in [0, 0.1) is 0 Å². The molecule has 0 unspecified atom stereocenters. The first-order chi connectivity index (χ1) is 9.49. The first-order valence-corrected chi connectivity index (χ1v) is 6.64. The van der Waals surface area contributed by atoms with Gasteiger partial charge in [0.05, 0.1) is 21.9 Å². The topological polar surface area (TPSA) is 59.2 Å². The van der Waals surface area contributed by atoms with Crippen LogP contribution in [0.3, 0.4) is 0 Å². The fourth-order valence-electron chi connectivity index (χ4n) is 1.73. The highest BCUT2D eigenvalue weighted by Gasteiger charge is 2.15. The Labute approximate surface area is 127 Å². The second kappa shape index (κ2) is 6.11. The van der Waals surface area contributed by atoms with E-state index >= 15 is 0 Å². The van der Waals surface area contributed by atoms with Crippen LogP contribution in [0.25, 0.3) is 0 Å². The molecule has 4 nitrogen and oxygen atoms in total. The van der Waals surface area contributed by atoms with E-state index in [9.17, 15) is 4.79 Å². The lowest BCUT2D eigenvalue weighted by Crippen LogP contribution is -2.27. The standard InChI is InChI=1S/C14H13Cl2N3O/c1-19(8-9-3-2-4-11(15)13(9)16)14(20)12-6-5-10(17)7-18-12/h2-7H,8,17H2,1H3. The number of benzene rings is 1. The van der Waals surface area contributed by atoms with E-state index in [1.165, 1.54) is 11.1 Å². The van der Waals surface area contributed by atoms with Gasteiger partial charge in [-0.2, -0.15) is 0 Å². The van der Waals surface area contributed by atoms with Crippen LogP contribution in [0.5, 0.6) is 0 Å². The van der Waals surface area contributed by atoms with Crippen molar-refractivity contribution in [2.45, 2.75) is 6.54 Å². The summed E-state index contributed by atoms with van der Waals surface area (Å²) in [5, 5.41) is 0.926. The highest BCUT2D eigenvalue weighted by Crippen LogP contribution is 2.26.